The first-order valence-electron chi connectivity index (χ1n) is 7.21. The molecule has 114 valence electrons. The normalized spacial score (nSPS) is 16.1. The van der Waals surface area contributed by atoms with E-state index in [1.54, 1.807) is 11.6 Å². The number of rotatable bonds is 6. The van der Waals surface area contributed by atoms with Crippen LogP contribution >= 0.6 is 11.3 Å². The molecule has 0 unspecified atom stereocenters. The molecule has 1 N–H and O–H groups in total. The van der Waals surface area contributed by atoms with Crippen molar-refractivity contribution in [3.8, 4) is 0 Å². The highest BCUT2D eigenvalue weighted by molar-refractivity contribution is 7.15. The van der Waals surface area contributed by atoms with Gasteiger partial charge in [-0.2, -0.15) is 9.38 Å². The molecular weight excluding hydrogens is 290 g/mol. The number of nitrogens with one attached hydrogen (secondary N) is 1. The minimum absolute atomic E-state index is 0.0229. The molecule has 0 radical (unpaired) electrons. The Balaban J connectivity index is 1.63. The maximum Gasteiger partial charge on any atom is 0.372 e. The van der Waals surface area contributed by atoms with Gasteiger partial charge in [0.15, 0.2) is 0 Å². The van der Waals surface area contributed by atoms with Crippen molar-refractivity contribution in [3.05, 3.63) is 21.7 Å². The van der Waals surface area contributed by atoms with Crippen LogP contribution < -0.4 is 5.32 Å². The molecule has 2 aromatic rings. The fourth-order valence-electron chi connectivity index (χ4n) is 2.95. The van der Waals surface area contributed by atoms with Crippen LogP contribution in [0.3, 0.4) is 0 Å². The number of thiazole rings is 1. The molecule has 1 saturated carbocycles. The summed E-state index contributed by atoms with van der Waals surface area (Å²) in [6.07, 6.45) is 6.82. The zero-order chi connectivity index (χ0) is 14.8. The minimum Gasteiger partial charge on any atom is -0.362 e. The molecule has 7 nitrogen and oxygen atoms in total. The Labute approximate surface area is 126 Å². The second-order valence-electron chi connectivity index (χ2n) is 5.44. The topological polar surface area (TPSA) is 75.7 Å². The largest absolute Gasteiger partial charge is 0.372 e. The molecule has 1 fully saturated rings. The molecule has 2 heterocycles. The van der Waals surface area contributed by atoms with Crippen molar-refractivity contribution in [3.63, 3.8) is 0 Å². The van der Waals surface area contributed by atoms with Gasteiger partial charge in [-0.3, -0.25) is 0 Å². The maximum absolute atomic E-state index is 11.2. The average molecular weight is 309 g/mol. The lowest BCUT2D eigenvalue weighted by Gasteiger charge is -2.23. The number of hydrogen-bond acceptors (Lipinski definition) is 6. The summed E-state index contributed by atoms with van der Waals surface area (Å²) in [4.78, 5) is 18.1. The summed E-state index contributed by atoms with van der Waals surface area (Å²) in [5.41, 5.74) is 0. The first kappa shape index (κ1) is 14.3. The molecule has 0 aromatic carbocycles. The van der Waals surface area contributed by atoms with Crippen LogP contribution in [0.1, 0.15) is 25.7 Å². The van der Waals surface area contributed by atoms with E-state index in [0.717, 1.165) is 6.54 Å². The van der Waals surface area contributed by atoms with Crippen LogP contribution in [0.4, 0.5) is 11.6 Å². The van der Waals surface area contributed by atoms with Gasteiger partial charge in [-0.15, -0.1) is 0 Å². The van der Waals surface area contributed by atoms with E-state index in [1.165, 1.54) is 41.4 Å². The van der Waals surface area contributed by atoms with Crippen molar-refractivity contribution in [2.24, 2.45) is 0 Å². The summed E-state index contributed by atoms with van der Waals surface area (Å²) in [6, 6.07) is 0.660. The van der Waals surface area contributed by atoms with Crippen LogP contribution in [0.2, 0.25) is 0 Å². The second-order valence-corrected chi connectivity index (χ2v) is 6.32. The lowest BCUT2D eigenvalue weighted by atomic mass is 10.2. The van der Waals surface area contributed by atoms with Gasteiger partial charge >= 0.3 is 5.82 Å². The molecule has 21 heavy (non-hydrogen) atoms. The Kier molecular flexibility index (Phi) is 4.07. The number of aromatic nitrogens is 2. The predicted octanol–water partition coefficient (Wildman–Crippen LogP) is 2.59. The predicted molar refractivity (Wildman–Crippen MR) is 83.1 cm³/mol. The molecule has 0 amide bonds. The molecule has 8 heteroatoms. The monoisotopic (exact) mass is 309 g/mol. The first-order valence-corrected chi connectivity index (χ1v) is 8.09. The van der Waals surface area contributed by atoms with Gasteiger partial charge in [0.25, 0.3) is 4.96 Å². The van der Waals surface area contributed by atoms with Crippen molar-refractivity contribution in [2.75, 3.05) is 25.5 Å². The summed E-state index contributed by atoms with van der Waals surface area (Å²) in [5, 5.41) is 16.1. The molecular formula is C13H19N5O2S. The molecule has 0 saturated heterocycles. The van der Waals surface area contributed by atoms with Crippen molar-refractivity contribution >= 4 is 27.9 Å². The highest BCUT2D eigenvalue weighted by atomic mass is 32.1. The van der Waals surface area contributed by atoms with E-state index in [0.29, 0.717) is 23.4 Å². The number of imidazole rings is 1. The highest BCUT2D eigenvalue weighted by Gasteiger charge is 2.24. The van der Waals surface area contributed by atoms with Gasteiger partial charge in [-0.1, -0.05) is 24.2 Å². The number of anilines is 1. The summed E-state index contributed by atoms with van der Waals surface area (Å²) >= 11 is 1.40. The number of hydrogen-bond donors (Lipinski definition) is 1. The summed E-state index contributed by atoms with van der Waals surface area (Å²) in [6.45, 7) is 1.53. The molecule has 1 aliphatic carbocycles. The van der Waals surface area contributed by atoms with Gasteiger partial charge in [-0.05, 0) is 24.8 Å². The van der Waals surface area contributed by atoms with Crippen LogP contribution in [0.5, 0.6) is 0 Å². The first-order chi connectivity index (χ1) is 10.2. The average Bonchev–Trinajstić information content (AvgIpc) is 3.14. The third-order valence-corrected chi connectivity index (χ3v) is 4.87. The van der Waals surface area contributed by atoms with E-state index < -0.39 is 0 Å². The van der Waals surface area contributed by atoms with E-state index in [1.807, 2.05) is 0 Å². The smallest absolute Gasteiger partial charge is 0.362 e. The van der Waals surface area contributed by atoms with Gasteiger partial charge in [0.2, 0.25) is 5.82 Å². The molecule has 0 bridgehead atoms. The molecule has 2 aromatic heterocycles. The van der Waals surface area contributed by atoms with Crippen molar-refractivity contribution in [1.82, 2.24) is 14.3 Å². The van der Waals surface area contributed by atoms with Gasteiger partial charge in [0.1, 0.15) is 6.20 Å². The molecule has 1 aliphatic rings. The lowest BCUT2D eigenvalue weighted by Crippen LogP contribution is -2.33. The lowest BCUT2D eigenvalue weighted by molar-refractivity contribution is -0.389. The van der Waals surface area contributed by atoms with Crippen LogP contribution in [0, 0.1) is 10.1 Å². The summed E-state index contributed by atoms with van der Waals surface area (Å²) < 4.78 is 1.52. The highest BCUT2D eigenvalue weighted by Crippen LogP contribution is 2.28. The molecule has 0 atom stereocenters. The summed E-state index contributed by atoms with van der Waals surface area (Å²) in [7, 11) is 2.12. The van der Waals surface area contributed by atoms with Crippen LogP contribution in [0.15, 0.2) is 11.6 Å². The summed E-state index contributed by atoms with van der Waals surface area (Å²) in [5.74, 6) is 0.390. The Morgan fingerprint density at radius 1 is 1.57 bits per heavy atom. The molecule has 0 aliphatic heterocycles. The van der Waals surface area contributed by atoms with Gasteiger partial charge in [-0.25, -0.2) is 0 Å². The Morgan fingerprint density at radius 2 is 2.33 bits per heavy atom. The Morgan fingerprint density at radius 3 is 3.05 bits per heavy atom. The van der Waals surface area contributed by atoms with Gasteiger partial charge < -0.3 is 20.3 Å². The van der Waals surface area contributed by atoms with E-state index in [4.69, 9.17) is 0 Å². The van der Waals surface area contributed by atoms with Gasteiger partial charge in [0, 0.05) is 24.5 Å². The van der Waals surface area contributed by atoms with Crippen molar-refractivity contribution in [2.45, 2.75) is 31.7 Å². The standard InChI is InChI=1S/C13H19N5O2S/c1-16(10-4-2-3-5-10)7-6-14-11-12(18(19)20)17-8-9-21-13(17)15-11/h8-10,14H,2-7H2,1H3. The number of nitro groups is 1. The fourth-order valence-corrected chi connectivity index (χ4v) is 3.65. The Hall–Kier alpha value is -1.67. The number of nitrogens with zero attached hydrogens (tertiary/aromatic N) is 4. The number of fused-ring (bicyclic) bond motifs is 1. The van der Waals surface area contributed by atoms with Gasteiger partial charge in [0.05, 0.1) is 0 Å². The van der Waals surface area contributed by atoms with E-state index in [-0.39, 0.29) is 10.7 Å². The number of likely N-dealkylation sites (N-methyl/N-ethyl adjacent to an activating group) is 1. The SMILES string of the molecule is CN(CCNc1nc2sccn2c1[N+](=O)[O-])C1CCCC1. The quantitative estimate of drug-likeness (QED) is 0.655. The fraction of sp³-hybridized carbons (Fsp3) is 0.615. The van der Waals surface area contributed by atoms with E-state index >= 15 is 0 Å². The Bertz CT molecular complexity index is 632. The van der Waals surface area contributed by atoms with E-state index in [2.05, 4.69) is 22.2 Å². The second kappa shape index (κ2) is 5.98. The third-order valence-electron chi connectivity index (χ3n) is 4.11. The van der Waals surface area contributed by atoms with E-state index in [9.17, 15) is 10.1 Å². The molecule has 3 rings (SSSR count). The molecule has 0 spiro atoms. The zero-order valence-corrected chi connectivity index (χ0v) is 12.8. The van der Waals surface area contributed by atoms with Crippen LogP contribution in [-0.4, -0.2) is 45.4 Å². The van der Waals surface area contributed by atoms with Crippen molar-refractivity contribution in [1.29, 1.82) is 0 Å². The van der Waals surface area contributed by atoms with Crippen LogP contribution in [0.25, 0.3) is 4.96 Å². The van der Waals surface area contributed by atoms with Crippen LogP contribution in [-0.2, 0) is 0 Å². The maximum atomic E-state index is 11.2. The third kappa shape index (κ3) is 2.86. The van der Waals surface area contributed by atoms with Crippen molar-refractivity contribution < 1.29 is 4.92 Å². The minimum atomic E-state index is -0.379. The zero-order valence-electron chi connectivity index (χ0n) is 12.0.